The molecule has 1 aromatic rings. The molecule has 3 unspecified atom stereocenters. The third kappa shape index (κ3) is 7.95. The van der Waals surface area contributed by atoms with Gasteiger partial charge in [-0.25, -0.2) is 4.79 Å². The van der Waals surface area contributed by atoms with Crippen LogP contribution in [0.15, 0.2) is 30.3 Å². The molecule has 0 aromatic heterocycles. The van der Waals surface area contributed by atoms with Crippen molar-refractivity contribution < 1.29 is 23.9 Å². The second-order valence-electron chi connectivity index (χ2n) is 6.05. The van der Waals surface area contributed by atoms with Crippen LogP contribution in [0, 0.1) is 0 Å². The zero-order valence-corrected chi connectivity index (χ0v) is 17.9. The van der Waals surface area contributed by atoms with Crippen LogP contribution in [0.4, 0.5) is 4.79 Å². The van der Waals surface area contributed by atoms with Crippen LogP contribution in [0.2, 0.25) is 0 Å². The van der Waals surface area contributed by atoms with Gasteiger partial charge in [-0.1, -0.05) is 65.1 Å². The standard InChI is InChI=1S/C17H19Cl3N2O5S/c1-10(27-16(25)26-9-17(18,19)20)8-28-15-13(14(24)22-15)21-12(23)7-11-5-3-2-4-6-11/h2-6,10,13,15H,7-9H2,1H3,(H,21,23)(H,22,24). The molecule has 1 aliphatic rings. The maximum Gasteiger partial charge on any atom is 0.508 e. The monoisotopic (exact) mass is 468 g/mol. The van der Waals surface area contributed by atoms with E-state index in [2.05, 4.69) is 15.4 Å². The number of alkyl halides is 3. The first-order valence-corrected chi connectivity index (χ1v) is 10.5. The van der Waals surface area contributed by atoms with Gasteiger partial charge in [0.1, 0.15) is 24.1 Å². The highest BCUT2D eigenvalue weighted by atomic mass is 35.6. The molecule has 1 aromatic carbocycles. The molecule has 0 bridgehead atoms. The Morgan fingerprint density at radius 3 is 2.57 bits per heavy atom. The van der Waals surface area contributed by atoms with Crippen LogP contribution in [-0.2, 0) is 25.5 Å². The normalized spacial score (nSPS) is 19.8. The molecule has 1 saturated heterocycles. The molecule has 2 N–H and O–H groups in total. The van der Waals surface area contributed by atoms with Gasteiger partial charge in [0.15, 0.2) is 0 Å². The number of hydrogen-bond acceptors (Lipinski definition) is 6. The number of carbonyl (C=O) groups excluding carboxylic acids is 3. The summed E-state index contributed by atoms with van der Waals surface area (Å²) >= 11 is 17.8. The molecule has 7 nitrogen and oxygen atoms in total. The molecule has 1 aliphatic heterocycles. The number of rotatable bonds is 8. The summed E-state index contributed by atoms with van der Waals surface area (Å²) in [5.74, 6) is -0.121. The summed E-state index contributed by atoms with van der Waals surface area (Å²) in [7, 11) is 0. The number of halogens is 3. The zero-order chi connectivity index (χ0) is 20.7. The van der Waals surface area contributed by atoms with Crippen LogP contribution >= 0.6 is 46.6 Å². The fraction of sp³-hybridized carbons (Fsp3) is 0.471. The molecule has 0 radical (unpaired) electrons. The molecule has 3 atom stereocenters. The molecule has 11 heteroatoms. The molecule has 28 heavy (non-hydrogen) atoms. The summed E-state index contributed by atoms with van der Waals surface area (Å²) in [5.41, 5.74) is 0.860. The first kappa shape index (κ1) is 22.9. The van der Waals surface area contributed by atoms with Gasteiger partial charge in [-0.3, -0.25) is 9.59 Å². The number of amides is 2. The van der Waals surface area contributed by atoms with Gasteiger partial charge in [0.2, 0.25) is 15.6 Å². The summed E-state index contributed by atoms with van der Waals surface area (Å²) in [6.07, 6.45) is -1.27. The van der Waals surface area contributed by atoms with Gasteiger partial charge in [0.05, 0.1) is 6.42 Å². The van der Waals surface area contributed by atoms with Crippen molar-refractivity contribution in [3.05, 3.63) is 35.9 Å². The Kier molecular flexibility index (Phi) is 8.55. The SMILES string of the molecule is CC(CSC1NC(=O)C1NC(=O)Cc1ccccc1)OC(=O)OCC(Cl)(Cl)Cl. The molecule has 2 amide bonds. The molecule has 0 aliphatic carbocycles. The van der Waals surface area contributed by atoms with Gasteiger partial charge in [-0.05, 0) is 12.5 Å². The summed E-state index contributed by atoms with van der Waals surface area (Å²) in [5, 5.41) is 5.11. The first-order chi connectivity index (χ1) is 13.1. The Labute approximate surface area is 181 Å². The zero-order valence-electron chi connectivity index (χ0n) is 14.8. The maximum atomic E-state index is 12.1. The highest BCUT2D eigenvalue weighted by molar-refractivity contribution is 8.00. The van der Waals surface area contributed by atoms with Crippen molar-refractivity contribution in [1.82, 2.24) is 10.6 Å². The lowest BCUT2D eigenvalue weighted by Gasteiger charge is -2.36. The van der Waals surface area contributed by atoms with Crippen molar-refractivity contribution in [3.8, 4) is 0 Å². The molecule has 0 saturated carbocycles. The van der Waals surface area contributed by atoms with E-state index in [4.69, 9.17) is 39.5 Å². The Hall–Kier alpha value is -1.35. The first-order valence-electron chi connectivity index (χ1n) is 8.29. The Morgan fingerprint density at radius 2 is 1.96 bits per heavy atom. The Morgan fingerprint density at radius 1 is 1.29 bits per heavy atom. The number of hydrogen-bond donors (Lipinski definition) is 2. The Balaban J connectivity index is 1.71. The molecule has 154 valence electrons. The molecule has 1 fully saturated rings. The average molecular weight is 470 g/mol. The van der Waals surface area contributed by atoms with Crippen LogP contribution in [0.1, 0.15) is 12.5 Å². The lowest BCUT2D eigenvalue weighted by atomic mass is 10.1. The van der Waals surface area contributed by atoms with E-state index >= 15 is 0 Å². The fourth-order valence-electron chi connectivity index (χ4n) is 2.25. The molecular formula is C17H19Cl3N2O5S. The van der Waals surface area contributed by atoms with Gasteiger partial charge in [0.25, 0.3) is 0 Å². The quantitative estimate of drug-likeness (QED) is 0.345. The van der Waals surface area contributed by atoms with E-state index in [1.807, 2.05) is 30.3 Å². The van der Waals surface area contributed by atoms with Crippen molar-refractivity contribution in [2.24, 2.45) is 0 Å². The van der Waals surface area contributed by atoms with E-state index in [-0.39, 0.29) is 23.6 Å². The highest BCUT2D eigenvalue weighted by Gasteiger charge is 2.40. The van der Waals surface area contributed by atoms with Crippen LogP contribution in [-0.4, -0.2) is 51.6 Å². The van der Waals surface area contributed by atoms with Crippen LogP contribution in [0.5, 0.6) is 0 Å². The van der Waals surface area contributed by atoms with Crippen molar-refractivity contribution in [1.29, 1.82) is 0 Å². The smallest absolute Gasteiger partial charge is 0.430 e. The second-order valence-corrected chi connectivity index (χ2v) is 9.74. The molecule has 1 heterocycles. The van der Waals surface area contributed by atoms with Gasteiger partial charge >= 0.3 is 6.16 Å². The predicted molar refractivity (Wildman–Crippen MR) is 109 cm³/mol. The second kappa shape index (κ2) is 10.4. The summed E-state index contributed by atoms with van der Waals surface area (Å²) in [6, 6.07) is 8.60. The fourth-order valence-corrected chi connectivity index (χ4v) is 3.55. The van der Waals surface area contributed by atoms with Crippen LogP contribution in [0.25, 0.3) is 0 Å². The molecule has 0 spiro atoms. The van der Waals surface area contributed by atoms with E-state index in [9.17, 15) is 14.4 Å². The van der Waals surface area contributed by atoms with Crippen molar-refractivity contribution in [3.63, 3.8) is 0 Å². The van der Waals surface area contributed by atoms with Crippen LogP contribution in [0.3, 0.4) is 0 Å². The minimum Gasteiger partial charge on any atom is -0.430 e. The van der Waals surface area contributed by atoms with Gasteiger partial charge in [-0.15, -0.1) is 11.8 Å². The third-order valence-corrected chi connectivity index (χ3v) is 5.29. The lowest BCUT2D eigenvalue weighted by molar-refractivity contribution is -0.134. The van der Waals surface area contributed by atoms with E-state index in [1.165, 1.54) is 11.8 Å². The van der Waals surface area contributed by atoms with E-state index < -0.39 is 28.7 Å². The van der Waals surface area contributed by atoms with Crippen LogP contribution < -0.4 is 10.6 Å². The number of carbonyl (C=O) groups is 3. The number of thioether (sulfide) groups is 1. The van der Waals surface area contributed by atoms with Crippen molar-refractivity contribution >= 4 is 64.5 Å². The van der Waals surface area contributed by atoms with E-state index in [1.54, 1.807) is 6.92 Å². The number of nitrogens with one attached hydrogen (secondary N) is 2. The molecule has 2 rings (SSSR count). The van der Waals surface area contributed by atoms with E-state index in [0.717, 1.165) is 5.56 Å². The van der Waals surface area contributed by atoms with Gasteiger partial charge in [0, 0.05) is 5.75 Å². The van der Waals surface area contributed by atoms with Gasteiger partial charge in [-0.2, -0.15) is 0 Å². The molecular weight excluding hydrogens is 451 g/mol. The topological polar surface area (TPSA) is 93.7 Å². The number of ether oxygens (including phenoxy) is 2. The average Bonchev–Trinajstić information content (AvgIpc) is 2.61. The van der Waals surface area contributed by atoms with E-state index in [0.29, 0.717) is 5.75 Å². The predicted octanol–water partition coefficient (Wildman–Crippen LogP) is 2.81. The minimum atomic E-state index is -1.71. The summed E-state index contributed by atoms with van der Waals surface area (Å²) in [6.45, 7) is 1.23. The third-order valence-electron chi connectivity index (χ3n) is 3.56. The summed E-state index contributed by atoms with van der Waals surface area (Å²) in [4.78, 5) is 35.4. The number of β-lactam (4-membered cyclic amide) rings is 1. The maximum absolute atomic E-state index is 12.1. The highest BCUT2D eigenvalue weighted by Crippen LogP contribution is 2.26. The number of benzene rings is 1. The lowest BCUT2D eigenvalue weighted by Crippen LogP contribution is -2.68. The minimum absolute atomic E-state index is 0.191. The largest absolute Gasteiger partial charge is 0.508 e. The van der Waals surface area contributed by atoms with Crippen molar-refractivity contribution in [2.45, 2.75) is 34.7 Å². The Bertz CT molecular complexity index is 702. The summed E-state index contributed by atoms with van der Waals surface area (Å²) < 4.78 is 8.00. The van der Waals surface area contributed by atoms with Gasteiger partial charge < -0.3 is 20.1 Å². The van der Waals surface area contributed by atoms with Crippen molar-refractivity contribution in [2.75, 3.05) is 12.4 Å².